The fourth-order valence-electron chi connectivity index (χ4n) is 2.93. The van der Waals surface area contributed by atoms with Crippen LogP contribution in [0.5, 0.6) is 0 Å². The highest BCUT2D eigenvalue weighted by Crippen LogP contribution is 2.34. The highest BCUT2D eigenvalue weighted by Gasteiger charge is 2.18. The number of likely N-dealkylation sites (N-methyl/N-ethyl adjacent to an activating group) is 1. The molecule has 3 rings (SSSR count). The first kappa shape index (κ1) is 14.1. The summed E-state index contributed by atoms with van der Waals surface area (Å²) in [5.41, 5.74) is 2.88. The summed E-state index contributed by atoms with van der Waals surface area (Å²) in [5.74, 6) is 0. The number of hydrogen-bond acceptors (Lipinski definition) is 2. The van der Waals surface area contributed by atoms with Crippen LogP contribution in [0, 0.1) is 0 Å². The van der Waals surface area contributed by atoms with Gasteiger partial charge in [-0.3, -0.25) is 0 Å². The lowest BCUT2D eigenvalue weighted by Crippen LogP contribution is -2.17. The molecular formula is C17H20ClNS. The Bertz CT molecular complexity index is 567. The molecule has 0 bridgehead atoms. The second-order valence-electron chi connectivity index (χ2n) is 5.48. The topological polar surface area (TPSA) is 12.0 Å². The smallest absolute Gasteiger partial charge is 0.0453 e. The van der Waals surface area contributed by atoms with Crippen LogP contribution in [0.25, 0.3) is 0 Å². The van der Waals surface area contributed by atoms with Gasteiger partial charge in [-0.15, -0.1) is 11.3 Å². The predicted molar refractivity (Wildman–Crippen MR) is 87.9 cm³/mol. The van der Waals surface area contributed by atoms with Crippen molar-refractivity contribution in [3.8, 4) is 0 Å². The van der Waals surface area contributed by atoms with Gasteiger partial charge in [0, 0.05) is 20.8 Å². The maximum Gasteiger partial charge on any atom is 0.0453 e. The van der Waals surface area contributed by atoms with E-state index in [1.165, 1.54) is 36.1 Å². The minimum Gasteiger partial charge on any atom is -0.312 e. The van der Waals surface area contributed by atoms with Crippen LogP contribution >= 0.6 is 22.9 Å². The van der Waals surface area contributed by atoms with E-state index in [1.54, 1.807) is 10.4 Å². The van der Waals surface area contributed by atoms with E-state index in [4.69, 9.17) is 11.6 Å². The number of nitrogens with one attached hydrogen (secondary N) is 1. The van der Waals surface area contributed by atoms with Crippen molar-refractivity contribution in [2.24, 2.45) is 0 Å². The highest BCUT2D eigenvalue weighted by atomic mass is 35.5. The molecule has 1 aliphatic rings. The molecule has 0 saturated carbocycles. The van der Waals surface area contributed by atoms with Crippen molar-refractivity contribution in [1.29, 1.82) is 0 Å². The number of rotatable bonds is 4. The Morgan fingerprint density at radius 1 is 1.25 bits per heavy atom. The third-order valence-electron chi connectivity index (χ3n) is 4.04. The van der Waals surface area contributed by atoms with Crippen LogP contribution in [0.15, 0.2) is 30.3 Å². The van der Waals surface area contributed by atoms with E-state index in [2.05, 4.69) is 23.5 Å². The van der Waals surface area contributed by atoms with Crippen molar-refractivity contribution in [3.05, 3.63) is 56.2 Å². The molecule has 1 heterocycles. The molecule has 1 N–H and O–H groups in total. The van der Waals surface area contributed by atoms with Gasteiger partial charge in [-0.05, 0) is 68.5 Å². The van der Waals surface area contributed by atoms with Gasteiger partial charge in [0.25, 0.3) is 0 Å². The van der Waals surface area contributed by atoms with Crippen molar-refractivity contribution >= 4 is 22.9 Å². The average Bonchev–Trinajstić information content (AvgIpc) is 2.88. The fraction of sp³-hybridized carbons (Fsp3) is 0.412. The molecule has 1 aromatic heterocycles. The van der Waals surface area contributed by atoms with Crippen molar-refractivity contribution in [3.63, 3.8) is 0 Å². The Morgan fingerprint density at radius 2 is 2.10 bits per heavy atom. The van der Waals surface area contributed by atoms with Crippen LogP contribution in [0.3, 0.4) is 0 Å². The van der Waals surface area contributed by atoms with Gasteiger partial charge in [0.05, 0.1) is 0 Å². The molecule has 1 aliphatic carbocycles. The number of hydrogen-bond donors (Lipinski definition) is 1. The third-order valence-corrected chi connectivity index (χ3v) is 5.62. The van der Waals surface area contributed by atoms with E-state index in [-0.39, 0.29) is 0 Å². The minimum atomic E-state index is 0.393. The van der Waals surface area contributed by atoms with Gasteiger partial charge in [0.1, 0.15) is 0 Å². The van der Waals surface area contributed by atoms with Crippen molar-refractivity contribution in [2.45, 2.75) is 38.1 Å². The van der Waals surface area contributed by atoms with E-state index in [1.807, 2.05) is 30.5 Å². The normalized spacial score (nSPS) is 15.9. The molecular weight excluding hydrogens is 286 g/mol. The summed E-state index contributed by atoms with van der Waals surface area (Å²) in [4.78, 5) is 3.08. The van der Waals surface area contributed by atoms with Gasteiger partial charge in [-0.25, -0.2) is 0 Å². The van der Waals surface area contributed by atoms with Gasteiger partial charge in [0.2, 0.25) is 0 Å². The maximum absolute atomic E-state index is 6.08. The SMILES string of the molecule is CNC(Cc1cccc(Cl)c1)c1cc2c(s1)CCCC2. The Labute approximate surface area is 130 Å². The largest absolute Gasteiger partial charge is 0.312 e. The standard InChI is InChI=1S/C17H20ClNS/c1-19-15(10-12-5-4-7-14(18)9-12)17-11-13-6-2-3-8-16(13)20-17/h4-5,7,9,11,15,19H,2-3,6,8,10H2,1H3. The molecule has 3 heteroatoms. The Morgan fingerprint density at radius 3 is 2.85 bits per heavy atom. The Balaban J connectivity index is 1.81. The van der Waals surface area contributed by atoms with Gasteiger partial charge in [0.15, 0.2) is 0 Å². The second-order valence-corrected chi connectivity index (χ2v) is 7.08. The lowest BCUT2D eigenvalue weighted by atomic mass is 9.98. The van der Waals surface area contributed by atoms with Crippen LogP contribution in [-0.2, 0) is 19.3 Å². The zero-order chi connectivity index (χ0) is 13.9. The molecule has 20 heavy (non-hydrogen) atoms. The number of halogens is 1. The predicted octanol–water partition coefficient (Wildman–Crippen LogP) is 4.78. The first-order valence-electron chi connectivity index (χ1n) is 7.29. The second kappa shape index (κ2) is 6.30. The first-order chi connectivity index (χ1) is 9.76. The summed E-state index contributed by atoms with van der Waals surface area (Å²) in [6.07, 6.45) is 6.23. The van der Waals surface area contributed by atoms with Gasteiger partial charge < -0.3 is 5.32 Å². The van der Waals surface area contributed by atoms with Crippen LogP contribution in [0.1, 0.15) is 39.8 Å². The minimum absolute atomic E-state index is 0.393. The van der Waals surface area contributed by atoms with Crippen LogP contribution in [0.4, 0.5) is 0 Å². The van der Waals surface area contributed by atoms with Crippen molar-refractivity contribution < 1.29 is 0 Å². The van der Waals surface area contributed by atoms with E-state index in [9.17, 15) is 0 Å². The molecule has 1 nitrogen and oxygen atoms in total. The lowest BCUT2D eigenvalue weighted by molar-refractivity contribution is 0.601. The third kappa shape index (κ3) is 3.08. The van der Waals surface area contributed by atoms with E-state index in [0.29, 0.717) is 6.04 Å². The number of benzene rings is 1. The molecule has 2 aromatic rings. The van der Waals surface area contributed by atoms with Crippen molar-refractivity contribution in [1.82, 2.24) is 5.32 Å². The van der Waals surface area contributed by atoms with Crippen molar-refractivity contribution in [2.75, 3.05) is 7.05 Å². The quantitative estimate of drug-likeness (QED) is 0.857. The number of fused-ring (bicyclic) bond motifs is 1. The van der Waals surface area contributed by atoms with Gasteiger partial charge >= 0.3 is 0 Å². The molecule has 0 saturated heterocycles. The molecule has 0 aliphatic heterocycles. The molecule has 106 valence electrons. The summed E-state index contributed by atoms with van der Waals surface area (Å²) < 4.78 is 0. The molecule has 0 fully saturated rings. The average molecular weight is 306 g/mol. The lowest BCUT2D eigenvalue weighted by Gasteiger charge is -2.14. The summed E-state index contributed by atoms with van der Waals surface area (Å²) >= 11 is 8.08. The molecule has 1 unspecified atom stereocenters. The molecule has 1 aromatic carbocycles. The van der Waals surface area contributed by atoms with Crippen LogP contribution in [0.2, 0.25) is 5.02 Å². The number of thiophene rings is 1. The maximum atomic E-state index is 6.08. The summed E-state index contributed by atoms with van der Waals surface area (Å²) in [6.45, 7) is 0. The summed E-state index contributed by atoms with van der Waals surface area (Å²) in [6, 6.07) is 11.0. The first-order valence-corrected chi connectivity index (χ1v) is 8.49. The van der Waals surface area contributed by atoms with Gasteiger partial charge in [-0.1, -0.05) is 23.7 Å². The van der Waals surface area contributed by atoms with Crippen LogP contribution in [-0.4, -0.2) is 7.05 Å². The van der Waals surface area contributed by atoms with E-state index < -0.39 is 0 Å². The Hall–Kier alpha value is -0.830. The Kier molecular flexibility index (Phi) is 4.45. The molecule has 0 radical (unpaired) electrons. The van der Waals surface area contributed by atoms with E-state index >= 15 is 0 Å². The van der Waals surface area contributed by atoms with Crippen LogP contribution < -0.4 is 5.32 Å². The van der Waals surface area contributed by atoms with Gasteiger partial charge in [-0.2, -0.15) is 0 Å². The molecule has 0 amide bonds. The number of aryl methyl sites for hydroxylation is 2. The summed E-state index contributed by atoms with van der Waals surface area (Å²) in [5, 5.41) is 4.28. The summed E-state index contributed by atoms with van der Waals surface area (Å²) in [7, 11) is 2.05. The zero-order valence-corrected chi connectivity index (χ0v) is 13.4. The monoisotopic (exact) mass is 305 g/mol. The molecule has 0 spiro atoms. The zero-order valence-electron chi connectivity index (χ0n) is 11.8. The highest BCUT2D eigenvalue weighted by molar-refractivity contribution is 7.12. The fourth-order valence-corrected chi connectivity index (χ4v) is 4.51. The molecule has 1 atom stereocenters. The van der Waals surface area contributed by atoms with E-state index in [0.717, 1.165) is 11.4 Å².